The molecule has 0 bridgehead atoms. The van der Waals surface area contributed by atoms with E-state index in [2.05, 4.69) is 0 Å². The van der Waals surface area contributed by atoms with Crippen LogP contribution in [-0.2, 0) is 0 Å². The number of hydrogen-bond donors (Lipinski definition) is 1. The van der Waals surface area contributed by atoms with Gasteiger partial charge in [-0.1, -0.05) is 0 Å². The van der Waals surface area contributed by atoms with Crippen LogP contribution in [0.1, 0.15) is 34.3 Å². The second-order valence-electron chi connectivity index (χ2n) is 4.93. The fourth-order valence-electron chi connectivity index (χ4n) is 2.37. The van der Waals surface area contributed by atoms with E-state index in [1.54, 1.807) is 7.11 Å². The molecule has 17 heavy (non-hydrogen) atoms. The van der Waals surface area contributed by atoms with Gasteiger partial charge in [0, 0.05) is 17.5 Å². The topological polar surface area (TPSA) is 52.3 Å². The van der Waals surface area contributed by atoms with Crippen molar-refractivity contribution in [3.63, 3.8) is 0 Å². The van der Waals surface area contributed by atoms with Crippen LogP contribution < -0.4 is 10.5 Å². The van der Waals surface area contributed by atoms with Gasteiger partial charge in [-0.3, -0.25) is 4.79 Å². The predicted molar refractivity (Wildman–Crippen MR) is 67.5 cm³/mol. The van der Waals surface area contributed by atoms with Gasteiger partial charge in [0.25, 0.3) is 0 Å². The van der Waals surface area contributed by atoms with Crippen molar-refractivity contribution in [3.05, 3.63) is 28.8 Å². The molecule has 3 nitrogen and oxygen atoms in total. The Labute approximate surface area is 102 Å². The summed E-state index contributed by atoms with van der Waals surface area (Å²) in [7, 11) is 1.65. The van der Waals surface area contributed by atoms with Gasteiger partial charge in [-0.25, -0.2) is 0 Å². The first-order valence-electron chi connectivity index (χ1n) is 5.98. The summed E-state index contributed by atoms with van der Waals surface area (Å²) in [5.41, 5.74) is 8.53. The second kappa shape index (κ2) is 4.49. The van der Waals surface area contributed by atoms with Gasteiger partial charge in [-0.05, 0) is 49.9 Å². The normalized spacial score (nSPS) is 23.1. The predicted octanol–water partition coefficient (Wildman–Crippen LogP) is 2.23. The molecule has 0 aromatic heterocycles. The average Bonchev–Trinajstić information content (AvgIpc) is 2.26. The van der Waals surface area contributed by atoms with Crippen molar-refractivity contribution in [3.8, 4) is 5.75 Å². The molecule has 1 aromatic carbocycles. The van der Waals surface area contributed by atoms with E-state index in [0.29, 0.717) is 0 Å². The van der Waals surface area contributed by atoms with Crippen LogP contribution in [0.25, 0.3) is 0 Å². The van der Waals surface area contributed by atoms with E-state index in [0.717, 1.165) is 35.3 Å². The summed E-state index contributed by atoms with van der Waals surface area (Å²) in [6, 6.07) is 4.07. The summed E-state index contributed by atoms with van der Waals surface area (Å²) >= 11 is 0. The van der Waals surface area contributed by atoms with E-state index in [1.165, 1.54) is 0 Å². The molecule has 0 amide bonds. The standard InChI is InChI=1S/C14H19NO2/c1-8-5-13(17-3)9(2)4-12(8)14(16)10-6-11(15)7-10/h4-5,10-11H,6-7,15H2,1-3H3. The smallest absolute Gasteiger partial charge is 0.166 e. The number of ether oxygens (including phenoxy) is 1. The van der Waals surface area contributed by atoms with Gasteiger partial charge < -0.3 is 10.5 Å². The second-order valence-corrected chi connectivity index (χ2v) is 4.93. The number of hydrogen-bond acceptors (Lipinski definition) is 3. The fraction of sp³-hybridized carbons (Fsp3) is 0.500. The number of Topliss-reactive ketones (excluding diaryl/α,β-unsaturated/α-hetero) is 1. The molecule has 2 N–H and O–H groups in total. The average molecular weight is 233 g/mol. The van der Waals surface area contributed by atoms with Gasteiger partial charge in [0.05, 0.1) is 7.11 Å². The zero-order valence-corrected chi connectivity index (χ0v) is 10.6. The summed E-state index contributed by atoms with van der Waals surface area (Å²) in [6.45, 7) is 3.91. The molecule has 92 valence electrons. The third kappa shape index (κ3) is 2.20. The molecule has 0 unspecified atom stereocenters. The van der Waals surface area contributed by atoms with E-state index in [1.807, 2.05) is 26.0 Å². The van der Waals surface area contributed by atoms with Crippen molar-refractivity contribution in [2.45, 2.75) is 32.7 Å². The number of ketones is 1. The Kier molecular flexibility index (Phi) is 3.20. The van der Waals surface area contributed by atoms with Crippen LogP contribution in [0.15, 0.2) is 12.1 Å². The quantitative estimate of drug-likeness (QED) is 0.814. The zero-order valence-electron chi connectivity index (χ0n) is 10.6. The van der Waals surface area contributed by atoms with Crippen molar-refractivity contribution in [2.75, 3.05) is 7.11 Å². The number of rotatable bonds is 3. The van der Waals surface area contributed by atoms with Crippen LogP contribution in [0.4, 0.5) is 0 Å². The molecule has 0 spiro atoms. The number of carbonyl (C=O) groups is 1. The van der Waals surface area contributed by atoms with Gasteiger partial charge in [-0.15, -0.1) is 0 Å². The minimum absolute atomic E-state index is 0.122. The van der Waals surface area contributed by atoms with Crippen molar-refractivity contribution in [1.82, 2.24) is 0 Å². The van der Waals surface area contributed by atoms with Crippen LogP contribution >= 0.6 is 0 Å². The lowest BCUT2D eigenvalue weighted by Crippen LogP contribution is -2.40. The Morgan fingerprint density at radius 2 is 1.94 bits per heavy atom. The van der Waals surface area contributed by atoms with E-state index < -0.39 is 0 Å². The molecule has 2 rings (SSSR count). The molecule has 1 aliphatic carbocycles. The molecule has 0 radical (unpaired) electrons. The maximum atomic E-state index is 12.2. The molecule has 1 fully saturated rings. The van der Waals surface area contributed by atoms with Crippen molar-refractivity contribution in [1.29, 1.82) is 0 Å². The summed E-state index contributed by atoms with van der Waals surface area (Å²) in [5, 5.41) is 0. The highest BCUT2D eigenvalue weighted by molar-refractivity contribution is 6.00. The molecule has 1 aliphatic rings. The third-order valence-corrected chi connectivity index (χ3v) is 3.55. The van der Waals surface area contributed by atoms with Crippen molar-refractivity contribution < 1.29 is 9.53 Å². The Balaban J connectivity index is 2.26. The zero-order chi connectivity index (χ0) is 12.6. The van der Waals surface area contributed by atoms with Crippen molar-refractivity contribution >= 4 is 5.78 Å². The highest BCUT2D eigenvalue weighted by atomic mass is 16.5. The number of methoxy groups -OCH3 is 1. The first-order valence-corrected chi connectivity index (χ1v) is 5.98. The lowest BCUT2D eigenvalue weighted by atomic mass is 9.75. The molecule has 1 saturated carbocycles. The fourth-order valence-corrected chi connectivity index (χ4v) is 2.37. The van der Waals surface area contributed by atoms with Crippen LogP contribution in [0, 0.1) is 19.8 Å². The molecule has 1 aromatic rings. The first-order chi connectivity index (χ1) is 8.02. The summed E-state index contributed by atoms with van der Waals surface area (Å²) in [5.74, 6) is 1.19. The van der Waals surface area contributed by atoms with Crippen LogP contribution in [0.2, 0.25) is 0 Å². The van der Waals surface area contributed by atoms with Crippen LogP contribution in [-0.4, -0.2) is 18.9 Å². The van der Waals surface area contributed by atoms with E-state index in [4.69, 9.17) is 10.5 Å². The van der Waals surface area contributed by atoms with Crippen molar-refractivity contribution in [2.24, 2.45) is 11.7 Å². The van der Waals surface area contributed by atoms with E-state index >= 15 is 0 Å². The van der Waals surface area contributed by atoms with E-state index in [-0.39, 0.29) is 17.7 Å². The van der Waals surface area contributed by atoms with E-state index in [9.17, 15) is 4.79 Å². The molecule has 0 heterocycles. The Morgan fingerprint density at radius 1 is 1.29 bits per heavy atom. The molecule has 3 heteroatoms. The number of aryl methyl sites for hydroxylation is 2. The highest BCUT2D eigenvalue weighted by Crippen LogP contribution is 2.32. The molecular formula is C14H19NO2. The largest absolute Gasteiger partial charge is 0.496 e. The van der Waals surface area contributed by atoms with Gasteiger partial charge in [0.1, 0.15) is 5.75 Å². The van der Waals surface area contributed by atoms with Crippen LogP contribution in [0.3, 0.4) is 0 Å². The molecule has 0 saturated heterocycles. The minimum atomic E-state index is 0.122. The van der Waals surface area contributed by atoms with Gasteiger partial charge in [0.15, 0.2) is 5.78 Å². The SMILES string of the molecule is COc1cc(C)c(C(=O)C2CC(N)C2)cc1C. The van der Waals surface area contributed by atoms with Gasteiger partial charge >= 0.3 is 0 Å². The lowest BCUT2D eigenvalue weighted by Gasteiger charge is -2.31. The minimum Gasteiger partial charge on any atom is -0.496 e. The Bertz CT molecular complexity index is 448. The molecule has 0 atom stereocenters. The Hall–Kier alpha value is -1.35. The first kappa shape index (κ1) is 12.1. The van der Waals surface area contributed by atoms with Gasteiger partial charge in [0.2, 0.25) is 0 Å². The maximum Gasteiger partial charge on any atom is 0.166 e. The number of carbonyl (C=O) groups excluding carboxylic acids is 1. The maximum absolute atomic E-state index is 12.2. The highest BCUT2D eigenvalue weighted by Gasteiger charge is 2.33. The van der Waals surface area contributed by atoms with Gasteiger partial charge in [-0.2, -0.15) is 0 Å². The molecular weight excluding hydrogens is 214 g/mol. The Morgan fingerprint density at radius 3 is 2.47 bits per heavy atom. The summed E-state index contributed by atoms with van der Waals surface area (Å²) in [4.78, 5) is 12.2. The van der Waals surface area contributed by atoms with Crippen LogP contribution in [0.5, 0.6) is 5.75 Å². The third-order valence-electron chi connectivity index (χ3n) is 3.55. The number of benzene rings is 1. The number of nitrogens with two attached hydrogens (primary N) is 1. The lowest BCUT2D eigenvalue weighted by molar-refractivity contribution is 0.0832. The monoisotopic (exact) mass is 233 g/mol. The summed E-state index contributed by atoms with van der Waals surface area (Å²) in [6.07, 6.45) is 1.65. The summed E-state index contributed by atoms with van der Waals surface area (Å²) < 4.78 is 5.25. The molecule has 0 aliphatic heterocycles.